The van der Waals surface area contributed by atoms with Gasteiger partial charge in [-0.25, -0.2) is 0 Å². The van der Waals surface area contributed by atoms with Gasteiger partial charge in [0.05, 0.1) is 0 Å². The fraction of sp³-hybridized carbons (Fsp3) is 0.500. The SMILES string of the molecule is CC(=[N-])N=[N-].[Mn+2]. The summed E-state index contributed by atoms with van der Waals surface area (Å²) in [6, 6.07) is 0. The molecule has 4 heteroatoms. The van der Waals surface area contributed by atoms with Crippen LogP contribution in [-0.2, 0) is 17.1 Å². The van der Waals surface area contributed by atoms with Crippen molar-refractivity contribution in [3.8, 4) is 0 Å². The van der Waals surface area contributed by atoms with Gasteiger partial charge in [0.25, 0.3) is 0 Å². The minimum Gasteiger partial charge on any atom is -0.842 e. The van der Waals surface area contributed by atoms with Crippen LogP contribution < -0.4 is 0 Å². The number of nitrogens with zero attached hydrogens (tertiary/aromatic N) is 3. The molecule has 0 aliphatic rings. The Morgan fingerprint density at radius 2 is 1.83 bits per heavy atom. The Morgan fingerprint density at radius 1 is 1.67 bits per heavy atom. The van der Waals surface area contributed by atoms with Crippen molar-refractivity contribution in [2.45, 2.75) is 6.92 Å². The predicted octanol–water partition coefficient (Wildman–Crippen LogP) is 0.993. The van der Waals surface area contributed by atoms with Crippen LogP contribution in [0.25, 0.3) is 10.9 Å². The van der Waals surface area contributed by atoms with E-state index in [4.69, 9.17) is 10.9 Å². The van der Waals surface area contributed by atoms with Crippen LogP contribution in [0.15, 0.2) is 5.11 Å². The van der Waals surface area contributed by atoms with Crippen LogP contribution in [0.3, 0.4) is 0 Å². The van der Waals surface area contributed by atoms with Gasteiger partial charge >= 0.3 is 17.1 Å². The fourth-order valence-electron chi connectivity index (χ4n) is 0. The van der Waals surface area contributed by atoms with Gasteiger partial charge in [-0.2, -0.15) is 0 Å². The van der Waals surface area contributed by atoms with Crippen LogP contribution in [0.4, 0.5) is 0 Å². The number of hydrogen-bond donors (Lipinski definition) is 0. The molecule has 0 rings (SSSR count). The van der Waals surface area contributed by atoms with Crippen LogP contribution in [0.2, 0.25) is 0 Å². The second kappa shape index (κ2) is 4.79. The molecule has 1 radical (unpaired) electrons. The predicted molar refractivity (Wildman–Crippen MR) is 19.8 cm³/mol. The van der Waals surface area contributed by atoms with Crippen molar-refractivity contribution in [3.63, 3.8) is 0 Å². The maximum Gasteiger partial charge on any atom is 2.00 e. The van der Waals surface area contributed by atoms with Gasteiger partial charge in [-0.05, 0) is 6.92 Å². The second-order valence-corrected chi connectivity index (χ2v) is 0.647. The normalized spacial score (nSPS) is 5.50. The van der Waals surface area contributed by atoms with E-state index in [1.165, 1.54) is 6.92 Å². The minimum atomic E-state index is -0.315. The van der Waals surface area contributed by atoms with Crippen molar-refractivity contribution < 1.29 is 17.1 Å². The minimum absolute atomic E-state index is 0. The van der Waals surface area contributed by atoms with Gasteiger partial charge in [0, 0.05) is 0 Å². The largest absolute Gasteiger partial charge is 2.00 e. The molecule has 3 nitrogen and oxygen atoms in total. The smallest absolute Gasteiger partial charge is 0.842 e. The van der Waals surface area contributed by atoms with Crippen molar-refractivity contribution >= 4 is 5.84 Å². The van der Waals surface area contributed by atoms with Crippen molar-refractivity contribution in [3.05, 3.63) is 10.9 Å². The number of hydrogen-bond acceptors (Lipinski definition) is 0. The maximum atomic E-state index is 7.86. The Balaban J connectivity index is 0. The van der Waals surface area contributed by atoms with E-state index in [0.29, 0.717) is 0 Å². The third kappa shape index (κ3) is 9.21. The molecule has 0 atom stereocenters. The molecule has 0 aromatic heterocycles. The molecule has 0 spiro atoms. The van der Waals surface area contributed by atoms with Crippen LogP contribution in [0.5, 0.6) is 0 Å². The van der Waals surface area contributed by atoms with Crippen LogP contribution >= 0.6 is 0 Å². The van der Waals surface area contributed by atoms with E-state index >= 15 is 0 Å². The molecule has 0 saturated heterocycles. The van der Waals surface area contributed by atoms with Gasteiger partial charge in [0.1, 0.15) is 0 Å². The quantitative estimate of drug-likeness (QED) is 0.200. The van der Waals surface area contributed by atoms with Gasteiger partial charge in [-0.3, -0.25) is 0 Å². The van der Waals surface area contributed by atoms with Gasteiger partial charge in [-0.1, -0.05) is 0 Å². The summed E-state index contributed by atoms with van der Waals surface area (Å²) in [5.41, 5.74) is 7.48. The van der Waals surface area contributed by atoms with E-state index in [0.717, 1.165) is 0 Å². The third-order valence-electron chi connectivity index (χ3n) is 0.145. The molecule has 0 amide bonds. The molecule has 0 aromatic rings. The van der Waals surface area contributed by atoms with Gasteiger partial charge < -0.3 is 16.1 Å². The Kier molecular flexibility index (Phi) is 7.38. The molecular formula is C2H3MnN3. The average Bonchev–Trinajstić information content (AvgIpc) is 1.38. The summed E-state index contributed by atoms with van der Waals surface area (Å²) in [5.74, 6) is -0.315. The Bertz CT molecular complexity index is 59.8. The molecule has 0 fully saturated rings. The van der Waals surface area contributed by atoms with Crippen LogP contribution in [0, 0.1) is 0 Å². The van der Waals surface area contributed by atoms with E-state index < -0.39 is 0 Å². The van der Waals surface area contributed by atoms with Crippen molar-refractivity contribution in [1.82, 2.24) is 0 Å². The average molecular weight is 124 g/mol. The first-order chi connectivity index (χ1) is 2.27. The summed E-state index contributed by atoms with van der Waals surface area (Å²) in [6.07, 6.45) is 0. The van der Waals surface area contributed by atoms with E-state index in [1.807, 2.05) is 0 Å². The van der Waals surface area contributed by atoms with E-state index in [2.05, 4.69) is 5.11 Å². The molecule has 0 N–H and O–H groups in total. The van der Waals surface area contributed by atoms with Gasteiger partial charge in [0.2, 0.25) is 0 Å². The van der Waals surface area contributed by atoms with E-state index in [-0.39, 0.29) is 22.9 Å². The summed E-state index contributed by atoms with van der Waals surface area (Å²) in [5, 5.41) is 10.2. The maximum absolute atomic E-state index is 7.86. The zero-order chi connectivity index (χ0) is 4.28. The second-order valence-electron chi connectivity index (χ2n) is 0.647. The molecule has 0 unspecified atom stereocenters. The van der Waals surface area contributed by atoms with Crippen molar-refractivity contribution in [2.75, 3.05) is 0 Å². The van der Waals surface area contributed by atoms with Crippen molar-refractivity contribution in [1.29, 1.82) is 0 Å². The molecule has 0 aliphatic heterocycles. The van der Waals surface area contributed by atoms with E-state index in [1.54, 1.807) is 0 Å². The zero-order valence-corrected chi connectivity index (χ0v) is 4.40. The Morgan fingerprint density at radius 3 is 1.83 bits per heavy atom. The van der Waals surface area contributed by atoms with Gasteiger partial charge in [-0.15, -0.1) is 5.84 Å². The molecule has 0 aliphatic carbocycles. The summed E-state index contributed by atoms with van der Waals surface area (Å²) in [7, 11) is 0. The molecular weight excluding hydrogens is 121 g/mol. The molecule has 0 saturated carbocycles. The van der Waals surface area contributed by atoms with Crippen LogP contribution in [-0.4, -0.2) is 5.84 Å². The number of rotatable bonds is 0. The fourth-order valence-corrected chi connectivity index (χ4v) is 0. The topological polar surface area (TPSA) is 57.0 Å². The molecule has 33 valence electrons. The summed E-state index contributed by atoms with van der Waals surface area (Å²) < 4.78 is 0. The summed E-state index contributed by atoms with van der Waals surface area (Å²) >= 11 is 0. The molecule has 0 aromatic carbocycles. The van der Waals surface area contributed by atoms with Crippen LogP contribution in [0.1, 0.15) is 6.92 Å². The third-order valence-corrected chi connectivity index (χ3v) is 0.145. The van der Waals surface area contributed by atoms with Gasteiger partial charge in [0.15, 0.2) is 0 Å². The Hall–Kier alpha value is -0.211. The standard InChI is InChI=1S/C2H3N3.Mn/c1-2(3)5-4;/h1H3;/q-2;+2. The summed E-state index contributed by atoms with van der Waals surface area (Å²) in [6.45, 7) is 1.28. The monoisotopic (exact) mass is 124 g/mol. The molecule has 0 bridgehead atoms. The molecule has 6 heavy (non-hydrogen) atoms. The van der Waals surface area contributed by atoms with Crippen molar-refractivity contribution in [2.24, 2.45) is 5.11 Å². The first kappa shape index (κ1) is 9.25. The first-order valence-electron chi connectivity index (χ1n) is 1.15. The Labute approximate surface area is 46.6 Å². The number of amidine groups is 1. The summed E-state index contributed by atoms with van der Waals surface area (Å²) in [4.78, 5) is 0. The molecule has 0 heterocycles. The first-order valence-corrected chi connectivity index (χ1v) is 1.15. The van der Waals surface area contributed by atoms with E-state index in [9.17, 15) is 0 Å². The zero-order valence-electron chi connectivity index (χ0n) is 3.22.